The van der Waals surface area contributed by atoms with Crippen molar-refractivity contribution < 1.29 is 0 Å². The minimum atomic E-state index is 0.637. The van der Waals surface area contributed by atoms with E-state index < -0.39 is 0 Å². The van der Waals surface area contributed by atoms with Crippen molar-refractivity contribution in [3.05, 3.63) is 200 Å². The van der Waals surface area contributed by atoms with E-state index in [1.165, 1.54) is 48.0 Å². The average molecular weight is 720 g/mol. The van der Waals surface area contributed by atoms with Crippen LogP contribution in [-0.4, -0.2) is 15.0 Å². The fourth-order valence-electron chi connectivity index (χ4n) is 7.27. The van der Waals surface area contributed by atoms with Crippen LogP contribution in [0.5, 0.6) is 0 Å². The number of aromatic nitrogens is 3. The second-order valence-electron chi connectivity index (χ2n) is 13.7. The molecule has 0 saturated carbocycles. The molecule has 258 valence electrons. The smallest absolute Gasteiger partial charge is 0.164 e. The third-order valence-electron chi connectivity index (χ3n) is 10.2. The second kappa shape index (κ2) is 14.1. The van der Waals surface area contributed by atoms with E-state index in [9.17, 15) is 0 Å². The summed E-state index contributed by atoms with van der Waals surface area (Å²) in [6.07, 6.45) is 0. The van der Waals surface area contributed by atoms with E-state index in [0.29, 0.717) is 17.5 Å². The van der Waals surface area contributed by atoms with Gasteiger partial charge in [0.25, 0.3) is 0 Å². The first-order valence-electron chi connectivity index (χ1n) is 18.4. The lowest BCUT2D eigenvalue weighted by molar-refractivity contribution is 1.07. The Balaban J connectivity index is 1.04. The molecule has 0 bridgehead atoms. The Bertz CT molecular complexity index is 2950. The van der Waals surface area contributed by atoms with Crippen LogP contribution in [0.2, 0.25) is 0 Å². The highest BCUT2D eigenvalue weighted by molar-refractivity contribution is 7.25. The van der Waals surface area contributed by atoms with Crippen LogP contribution in [0, 0.1) is 0 Å². The molecule has 0 fully saturated rings. The standard InChI is InChI=1S/C51H33N3S/c1-3-11-34(12-4-1)36-21-23-38(24-22-36)40-15-9-16-41(31-40)42-17-10-18-43(32-42)50-52-49(39-27-25-37(26-28-39)35-13-5-2-6-14-35)53-51(54-50)44-29-30-46-45-19-7-8-20-47(45)55-48(46)33-44/h1-33H. The Morgan fingerprint density at radius 2 is 0.600 bits per heavy atom. The van der Waals surface area contributed by atoms with Crippen LogP contribution in [0.4, 0.5) is 0 Å². The molecule has 0 aliphatic rings. The Morgan fingerprint density at radius 3 is 1.20 bits per heavy atom. The lowest BCUT2D eigenvalue weighted by atomic mass is 9.96. The molecule has 0 radical (unpaired) electrons. The van der Waals surface area contributed by atoms with Gasteiger partial charge < -0.3 is 0 Å². The van der Waals surface area contributed by atoms with Gasteiger partial charge in [-0.15, -0.1) is 11.3 Å². The summed E-state index contributed by atoms with van der Waals surface area (Å²) in [6.45, 7) is 0. The molecule has 10 aromatic rings. The number of fused-ring (bicyclic) bond motifs is 3. The maximum Gasteiger partial charge on any atom is 0.164 e. The van der Waals surface area contributed by atoms with Gasteiger partial charge in [0, 0.05) is 36.9 Å². The minimum absolute atomic E-state index is 0.637. The molecule has 0 aliphatic heterocycles. The first-order valence-corrected chi connectivity index (χ1v) is 19.2. The molecule has 10 rings (SSSR count). The Labute approximate surface area is 323 Å². The van der Waals surface area contributed by atoms with Crippen LogP contribution in [0.1, 0.15) is 0 Å². The van der Waals surface area contributed by atoms with Crippen molar-refractivity contribution in [1.82, 2.24) is 15.0 Å². The van der Waals surface area contributed by atoms with E-state index in [0.717, 1.165) is 33.4 Å². The molecule has 2 aromatic heterocycles. The van der Waals surface area contributed by atoms with E-state index in [2.05, 4.69) is 188 Å². The topological polar surface area (TPSA) is 38.7 Å². The van der Waals surface area contributed by atoms with Gasteiger partial charge >= 0.3 is 0 Å². The molecule has 0 aliphatic carbocycles. The van der Waals surface area contributed by atoms with Gasteiger partial charge in [0.2, 0.25) is 0 Å². The van der Waals surface area contributed by atoms with E-state index in [1.54, 1.807) is 11.3 Å². The zero-order valence-electron chi connectivity index (χ0n) is 29.8. The molecule has 2 heterocycles. The third-order valence-corrected chi connectivity index (χ3v) is 11.3. The first-order chi connectivity index (χ1) is 27.2. The van der Waals surface area contributed by atoms with Crippen LogP contribution >= 0.6 is 11.3 Å². The molecular formula is C51H33N3S. The molecule has 0 unspecified atom stereocenters. The molecule has 0 atom stereocenters. The van der Waals surface area contributed by atoms with Crippen molar-refractivity contribution in [2.75, 3.05) is 0 Å². The molecular weight excluding hydrogens is 687 g/mol. The van der Waals surface area contributed by atoms with E-state index in [-0.39, 0.29) is 0 Å². The van der Waals surface area contributed by atoms with Gasteiger partial charge in [-0.2, -0.15) is 0 Å². The Morgan fingerprint density at radius 1 is 0.236 bits per heavy atom. The fraction of sp³-hybridized carbons (Fsp3) is 0. The zero-order chi connectivity index (χ0) is 36.6. The first kappa shape index (κ1) is 32.6. The number of hydrogen-bond acceptors (Lipinski definition) is 4. The van der Waals surface area contributed by atoms with Crippen LogP contribution in [0.15, 0.2) is 200 Å². The maximum atomic E-state index is 5.14. The molecule has 4 heteroatoms. The highest BCUT2D eigenvalue weighted by Crippen LogP contribution is 2.37. The van der Waals surface area contributed by atoms with Crippen molar-refractivity contribution in [2.24, 2.45) is 0 Å². The molecule has 0 saturated heterocycles. The zero-order valence-corrected chi connectivity index (χ0v) is 30.6. The Kier molecular flexibility index (Phi) is 8.36. The Hall–Kier alpha value is -7.01. The summed E-state index contributed by atoms with van der Waals surface area (Å²) in [5.74, 6) is 1.93. The normalized spacial score (nSPS) is 11.3. The van der Waals surface area contributed by atoms with Crippen LogP contribution < -0.4 is 0 Å². The van der Waals surface area contributed by atoms with Crippen molar-refractivity contribution in [3.8, 4) is 78.7 Å². The van der Waals surface area contributed by atoms with Gasteiger partial charge in [0.15, 0.2) is 17.5 Å². The van der Waals surface area contributed by atoms with Crippen molar-refractivity contribution in [3.63, 3.8) is 0 Å². The average Bonchev–Trinajstić information content (AvgIpc) is 3.65. The molecule has 0 N–H and O–H groups in total. The predicted molar refractivity (Wildman–Crippen MR) is 231 cm³/mol. The van der Waals surface area contributed by atoms with Crippen LogP contribution in [0.25, 0.3) is 98.8 Å². The molecule has 3 nitrogen and oxygen atoms in total. The summed E-state index contributed by atoms with van der Waals surface area (Å²) in [5.41, 5.74) is 12.2. The summed E-state index contributed by atoms with van der Waals surface area (Å²) >= 11 is 1.80. The summed E-state index contributed by atoms with van der Waals surface area (Å²) in [6, 6.07) is 70.6. The largest absolute Gasteiger partial charge is 0.208 e. The monoisotopic (exact) mass is 719 g/mol. The predicted octanol–water partition coefficient (Wildman–Crippen LogP) is 13.9. The number of rotatable bonds is 7. The van der Waals surface area contributed by atoms with Gasteiger partial charge in [-0.05, 0) is 68.8 Å². The molecule has 0 amide bonds. The summed E-state index contributed by atoms with van der Waals surface area (Å²) in [4.78, 5) is 15.3. The summed E-state index contributed by atoms with van der Waals surface area (Å²) in [5, 5.41) is 2.52. The van der Waals surface area contributed by atoms with E-state index in [1.807, 2.05) is 12.1 Å². The van der Waals surface area contributed by atoms with Crippen LogP contribution in [0.3, 0.4) is 0 Å². The van der Waals surface area contributed by atoms with Crippen molar-refractivity contribution >= 4 is 31.5 Å². The van der Waals surface area contributed by atoms with Crippen molar-refractivity contribution in [1.29, 1.82) is 0 Å². The van der Waals surface area contributed by atoms with Gasteiger partial charge in [0.05, 0.1) is 0 Å². The van der Waals surface area contributed by atoms with Crippen molar-refractivity contribution in [2.45, 2.75) is 0 Å². The highest BCUT2D eigenvalue weighted by atomic mass is 32.1. The summed E-state index contributed by atoms with van der Waals surface area (Å²) in [7, 11) is 0. The third kappa shape index (κ3) is 6.50. The summed E-state index contributed by atoms with van der Waals surface area (Å²) < 4.78 is 2.49. The molecule has 8 aromatic carbocycles. The van der Waals surface area contributed by atoms with Gasteiger partial charge in [0.1, 0.15) is 0 Å². The second-order valence-corrected chi connectivity index (χ2v) is 14.7. The number of hydrogen-bond donors (Lipinski definition) is 0. The van der Waals surface area contributed by atoms with Gasteiger partial charge in [-0.25, -0.2) is 15.0 Å². The molecule has 55 heavy (non-hydrogen) atoms. The van der Waals surface area contributed by atoms with E-state index >= 15 is 0 Å². The van der Waals surface area contributed by atoms with E-state index in [4.69, 9.17) is 15.0 Å². The number of nitrogens with zero attached hydrogens (tertiary/aromatic N) is 3. The molecule has 0 spiro atoms. The van der Waals surface area contributed by atoms with Crippen LogP contribution in [-0.2, 0) is 0 Å². The minimum Gasteiger partial charge on any atom is -0.208 e. The number of benzene rings is 8. The van der Waals surface area contributed by atoms with Gasteiger partial charge in [-0.1, -0.05) is 176 Å². The fourth-order valence-corrected chi connectivity index (χ4v) is 8.42. The van der Waals surface area contributed by atoms with Gasteiger partial charge in [-0.3, -0.25) is 0 Å². The quantitative estimate of drug-likeness (QED) is 0.165. The lowest BCUT2D eigenvalue weighted by Crippen LogP contribution is -2.00. The lowest BCUT2D eigenvalue weighted by Gasteiger charge is -2.11. The maximum absolute atomic E-state index is 5.14. The highest BCUT2D eigenvalue weighted by Gasteiger charge is 2.15. The number of thiophene rings is 1. The SMILES string of the molecule is c1ccc(-c2ccc(-c3cccc(-c4cccc(-c5nc(-c6ccc(-c7ccccc7)cc6)nc(-c6ccc7c(c6)sc6ccccc67)n5)c4)c3)cc2)cc1.